The van der Waals surface area contributed by atoms with Gasteiger partial charge in [-0.3, -0.25) is 0 Å². The Balaban J connectivity index is 3.31. The van der Waals surface area contributed by atoms with Crippen molar-refractivity contribution in [1.82, 2.24) is 4.90 Å². The zero-order valence-corrected chi connectivity index (χ0v) is 6.85. The smallest absolute Gasteiger partial charge is 0.0695 e. The van der Waals surface area contributed by atoms with Crippen LogP contribution in [0.15, 0.2) is 0 Å². The van der Waals surface area contributed by atoms with Crippen LogP contribution in [-0.2, 0) is 4.74 Å². The van der Waals surface area contributed by atoms with Crippen molar-refractivity contribution in [2.24, 2.45) is 0 Å². The van der Waals surface area contributed by atoms with E-state index >= 15 is 0 Å². The van der Waals surface area contributed by atoms with Crippen LogP contribution in [0.4, 0.5) is 0 Å². The van der Waals surface area contributed by atoms with Crippen molar-refractivity contribution < 1.29 is 4.74 Å². The van der Waals surface area contributed by atoms with Gasteiger partial charge in [0.2, 0.25) is 0 Å². The Hall–Kier alpha value is -0.0800. The van der Waals surface area contributed by atoms with Crippen LogP contribution in [0, 0.1) is 0 Å². The standard InChI is InChI=1S/C7H17NO/c1-5-7(9-4)6-8(2)3/h7H,5-6H2,1-4H3/t7-/m0/s1. The lowest BCUT2D eigenvalue weighted by Gasteiger charge is -2.17. The molecule has 0 aliphatic heterocycles. The lowest BCUT2D eigenvalue weighted by molar-refractivity contribution is 0.0757. The van der Waals surface area contributed by atoms with Gasteiger partial charge in [0.15, 0.2) is 0 Å². The molecule has 2 nitrogen and oxygen atoms in total. The third-order valence-corrected chi connectivity index (χ3v) is 1.36. The maximum Gasteiger partial charge on any atom is 0.0695 e. The Kier molecular flexibility index (Phi) is 4.72. The molecule has 2 heteroatoms. The molecule has 9 heavy (non-hydrogen) atoms. The van der Waals surface area contributed by atoms with E-state index in [9.17, 15) is 0 Å². The largest absolute Gasteiger partial charge is 0.380 e. The summed E-state index contributed by atoms with van der Waals surface area (Å²) in [5.74, 6) is 0. The first kappa shape index (κ1) is 8.92. The first-order valence-electron chi connectivity index (χ1n) is 3.38. The van der Waals surface area contributed by atoms with Gasteiger partial charge in [-0.25, -0.2) is 0 Å². The summed E-state index contributed by atoms with van der Waals surface area (Å²) in [6, 6.07) is 0. The molecule has 0 saturated carbocycles. The number of hydrogen-bond acceptors (Lipinski definition) is 2. The number of hydrogen-bond donors (Lipinski definition) is 0. The summed E-state index contributed by atoms with van der Waals surface area (Å²) in [5.41, 5.74) is 0. The van der Waals surface area contributed by atoms with Crippen LogP contribution in [0.25, 0.3) is 0 Å². The normalized spacial score (nSPS) is 14.3. The van der Waals surface area contributed by atoms with Crippen molar-refractivity contribution in [2.75, 3.05) is 27.7 Å². The van der Waals surface area contributed by atoms with E-state index in [1.165, 1.54) is 0 Å². The minimum Gasteiger partial charge on any atom is -0.380 e. The fourth-order valence-corrected chi connectivity index (χ4v) is 0.778. The Morgan fingerprint density at radius 1 is 1.44 bits per heavy atom. The van der Waals surface area contributed by atoms with Gasteiger partial charge in [0.1, 0.15) is 0 Å². The van der Waals surface area contributed by atoms with E-state index in [4.69, 9.17) is 4.74 Å². The van der Waals surface area contributed by atoms with Gasteiger partial charge in [-0.2, -0.15) is 0 Å². The van der Waals surface area contributed by atoms with Crippen LogP contribution >= 0.6 is 0 Å². The highest BCUT2D eigenvalue weighted by molar-refractivity contribution is 4.56. The minimum absolute atomic E-state index is 0.403. The van der Waals surface area contributed by atoms with Crippen molar-refractivity contribution in [3.8, 4) is 0 Å². The predicted octanol–water partition coefficient (Wildman–Crippen LogP) is 0.973. The molecule has 0 aromatic heterocycles. The molecule has 56 valence electrons. The lowest BCUT2D eigenvalue weighted by Crippen LogP contribution is -2.26. The molecular formula is C7H17NO. The number of nitrogens with zero attached hydrogens (tertiary/aromatic N) is 1. The summed E-state index contributed by atoms with van der Waals surface area (Å²) in [6.07, 6.45) is 1.49. The Bertz CT molecular complexity index is 59.9. The van der Waals surface area contributed by atoms with Gasteiger partial charge in [0, 0.05) is 13.7 Å². The van der Waals surface area contributed by atoms with E-state index in [1.807, 2.05) is 0 Å². The van der Waals surface area contributed by atoms with E-state index < -0.39 is 0 Å². The molecule has 0 radical (unpaired) electrons. The van der Waals surface area contributed by atoms with Crippen molar-refractivity contribution in [3.63, 3.8) is 0 Å². The number of ether oxygens (including phenoxy) is 1. The second kappa shape index (κ2) is 4.77. The van der Waals surface area contributed by atoms with Gasteiger partial charge < -0.3 is 9.64 Å². The molecule has 0 aromatic carbocycles. The van der Waals surface area contributed by atoms with Gasteiger partial charge in [0.25, 0.3) is 0 Å². The molecule has 0 spiro atoms. The van der Waals surface area contributed by atoms with Crippen molar-refractivity contribution >= 4 is 0 Å². The molecule has 0 heterocycles. The Morgan fingerprint density at radius 3 is 2.11 bits per heavy atom. The molecule has 0 aromatic rings. The lowest BCUT2D eigenvalue weighted by atomic mass is 10.3. The zero-order chi connectivity index (χ0) is 7.28. The maximum absolute atomic E-state index is 5.17. The van der Waals surface area contributed by atoms with Crippen LogP contribution in [0.1, 0.15) is 13.3 Å². The van der Waals surface area contributed by atoms with Crippen LogP contribution in [0.2, 0.25) is 0 Å². The molecule has 0 amide bonds. The molecular weight excluding hydrogens is 114 g/mol. The summed E-state index contributed by atoms with van der Waals surface area (Å²) in [5, 5.41) is 0. The Labute approximate surface area is 57.8 Å². The van der Waals surface area contributed by atoms with Crippen molar-refractivity contribution in [1.29, 1.82) is 0 Å². The van der Waals surface area contributed by atoms with E-state index in [1.54, 1.807) is 7.11 Å². The molecule has 0 aliphatic rings. The van der Waals surface area contributed by atoms with Crippen LogP contribution in [-0.4, -0.2) is 38.8 Å². The van der Waals surface area contributed by atoms with Gasteiger partial charge in [-0.05, 0) is 20.5 Å². The van der Waals surface area contributed by atoms with E-state index in [-0.39, 0.29) is 0 Å². The second-order valence-corrected chi connectivity index (χ2v) is 2.53. The van der Waals surface area contributed by atoms with Crippen LogP contribution in [0.5, 0.6) is 0 Å². The minimum atomic E-state index is 0.403. The molecule has 0 unspecified atom stereocenters. The van der Waals surface area contributed by atoms with Gasteiger partial charge >= 0.3 is 0 Å². The van der Waals surface area contributed by atoms with Crippen LogP contribution < -0.4 is 0 Å². The zero-order valence-electron chi connectivity index (χ0n) is 6.85. The number of rotatable bonds is 4. The fourth-order valence-electron chi connectivity index (χ4n) is 0.778. The molecule has 1 atom stereocenters. The summed E-state index contributed by atoms with van der Waals surface area (Å²) in [6.45, 7) is 3.16. The van der Waals surface area contributed by atoms with Gasteiger partial charge in [-0.1, -0.05) is 6.92 Å². The highest BCUT2D eigenvalue weighted by atomic mass is 16.5. The molecule has 0 rings (SSSR count). The summed E-state index contributed by atoms with van der Waals surface area (Å²) in [7, 11) is 5.88. The molecule has 0 saturated heterocycles. The average Bonchev–Trinajstić information content (AvgIpc) is 1.82. The third-order valence-electron chi connectivity index (χ3n) is 1.36. The summed E-state index contributed by atoms with van der Waals surface area (Å²) < 4.78 is 5.17. The monoisotopic (exact) mass is 131 g/mol. The molecule has 0 aliphatic carbocycles. The van der Waals surface area contributed by atoms with Crippen molar-refractivity contribution in [3.05, 3.63) is 0 Å². The molecule has 0 N–H and O–H groups in total. The third kappa shape index (κ3) is 4.43. The molecule has 0 fully saturated rings. The average molecular weight is 131 g/mol. The maximum atomic E-state index is 5.17. The highest BCUT2D eigenvalue weighted by Crippen LogP contribution is 1.95. The second-order valence-electron chi connectivity index (χ2n) is 2.53. The highest BCUT2D eigenvalue weighted by Gasteiger charge is 2.03. The van der Waals surface area contributed by atoms with Gasteiger partial charge in [-0.15, -0.1) is 0 Å². The first-order chi connectivity index (χ1) is 4.20. The predicted molar refractivity (Wildman–Crippen MR) is 39.6 cm³/mol. The topological polar surface area (TPSA) is 12.5 Å². The molecule has 0 bridgehead atoms. The van der Waals surface area contributed by atoms with E-state index in [2.05, 4.69) is 25.9 Å². The first-order valence-corrected chi connectivity index (χ1v) is 3.38. The van der Waals surface area contributed by atoms with Gasteiger partial charge in [0.05, 0.1) is 6.10 Å². The SMILES string of the molecule is CC[C@@H](CN(C)C)OC. The summed E-state index contributed by atoms with van der Waals surface area (Å²) in [4.78, 5) is 2.14. The number of methoxy groups -OCH3 is 1. The Morgan fingerprint density at radius 2 is 2.00 bits per heavy atom. The number of likely N-dealkylation sites (N-methyl/N-ethyl adjacent to an activating group) is 1. The fraction of sp³-hybridized carbons (Fsp3) is 1.00. The van der Waals surface area contributed by atoms with E-state index in [0.29, 0.717) is 6.10 Å². The quantitative estimate of drug-likeness (QED) is 0.563. The summed E-state index contributed by atoms with van der Waals surface area (Å²) >= 11 is 0. The van der Waals surface area contributed by atoms with E-state index in [0.717, 1.165) is 13.0 Å². The van der Waals surface area contributed by atoms with Crippen molar-refractivity contribution in [2.45, 2.75) is 19.4 Å². The van der Waals surface area contributed by atoms with Crippen LogP contribution in [0.3, 0.4) is 0 Å².